The van der Waals surface area contributed by atoms with Gasteiger partial charge in [-0.25, -0.2) is 4.98 Å². The molecule has 21 heavy (non-hydrogen) atoms. The third-order valence-corrected chi connectivity index (χ3v) is 4.30. The van der Waals surface area contributed by atoms with Gasteiger partial charge >= 0.3 is 0 Å². The Bertz CT molecular complexity index is 425. The minimum atomic E-state index is -0.192. The number of hydrogen-bond acceptors (Lipinski definition) is 3. The molecule has 0 aromatic carbocycles. The molecule has 2 rings (SSSR count). The zero-order chi connectivity index (χ0) is 15.3. The summed E-state index contributed by atoms with van der Waals surface area (Å²) < 4.78 is 6.17. The van der Waals surface area contributed by atoms with Crippen molar-refractivity contribution in [1.29, 1.82) is 0 Å². The first kappa shape index (κ1) is 16.5. The quantitative estimate of drug-likeness (QED) is 0.807. The fraction of sp³-hybridized carbons (Fsp3) is 0.824. The summed E-state index contributed by atoms with van der Waals surface area (Å²) in [6.45, 7) is 11.5. The molecule has 0 spiro atoms. The third-order valence-electron chi connectivity index (χ3n) is 4.30. The average molecular weight is 293 g/mol. The van der Waals surface area contributed by atoms with Crippen molar-refractivity contribution in [1.82, 2.24) is 15.3 Å². The molecule has 2 unspecified atom stereocenters. The summed E-state index contributed by atoms with van der Waals surface area (Å²) in [7, 11) is 0. The van der Waals surface area contributed by atoms with E-state index in [0.717, 1.165) is 44.1 Å². The minimum absolute atomic E-state index is 0.192. The number of ether oxygens (including phenoxy) is 1. The van der Waals surface area contributed by atoms with Crippen LogP contribution in [0, 0.1) is 11.8 Å². The van der Waals surface area contributed by atoms with Gasteiger partial charge in [-0.2, -0.15) is 0 Å². The van der Waals surface area contributed by atoms with Gasteiger partial charge < -0.3 is 15.0 Å². The number of aromatic nitrogens is 2. The second-order valence-corrected chi connectivity index (χ2v) is 6.91. The van der Waals surface area contributed by atoms with Crippen molar-refractivity contribution >= 4 is 0 Å². The Morgan fingerprint density at radius 3 is 3.00 bits per heavy atom. The van der Waals surface area contributed by atoms with Crippen molar-refractivity contribution in [3.05, 3.63) is 17.7 Å². The van der Waals surface area contributed by atoms with Crippen LogP contribution in [0.25, 0.3) is 0 Å². The molecule has 1 fully saturated rings. The van der Waals surface area contributed by atoms with Crippen LogP contribution in [0.2, 0.25) is 0 Å². The van der Waals surface area contributed by atoms with Gasteiger partial charge in [0.1, 0.15) is 11.4 Å². The van der Waals surface area contributed by atoms with Gasteiger partial charge in [0.2, 0.25) is 0 Å². The van der Waals surface area contributed by atoms with Crippen molar-refractivity contribution in [2.75, 3.05) is 13.2 Å². The van der Waals surface area contributed by atoms with Gasteiger partial charge in [-0.05, 0) is 44.6 Å². The molecule has 0 bridgehead atoms. The van der Waals surface area contributed by atoms with Crippen LogP contribution in [0.4, 0.5) is 0 Å². The molecule has 1 aromatic heterocycles. The SMILES string of the molecule is CCOC1(c2ncc(CNCC(C)C)[nH]2)CCCC(C)C1. The van der Waals surface area contributed by atoms with Crippen molar-refractivity contribution < 1.29 is 4.74 Å². The molecule has 1 aliphatic carbocycles. The molecule has 0 aliphatic heterocycles. The molecule has 1 aromatic rings. The van der Waals surface area contributed by atoms with Crippen LogP contribution in [-0.2, 0) is 16.9 Å². The maximum atomic E-state index is 6.17. The maximum Gasteiger partial charge on any atom is 0.138 e. The lowest BCUT2D eigenvalue weighted by Gasteiger charge is -2.38. The van der Waals surface area contributed by atoms with Crippen LogP contribution in [-0.4, -0.2) is 23.1 Å². The predicted molar refractivity (Wildman–Crippen MR) is 86.1 cm³/mol. The van der Waals surface area contributed by atoms with E-state index in [4.69, 9.17) is 4.74 Å². The van der Waals surface area contributed by atoms with E-state index >= 15 is 0 Å². The van der Waals surface area contributed by atoms with E-state index in [1.807, 2.05) is 6.20 Å². The van der Waals surface area contributed by atoms with Crippen LogP contribution >= 0.6 is 0 Å². The highest BCUT2D eigenvalue weighted by molar-refractivity contribution is 5.10. The molecule has 0 amide bonds. The Morgan fingerprint density at radius 1 is 1.52 bits per heavy atom. The second kappa shape index (κ2) is 7.41. The number of H-pyrrole nitrogens is 1. The first-order chi connectivity index (χ1) is 10.1. The highest BCUT2D eigenvalue weighted by atomic mass is 16.5. The van der Waals surface area contributed by atoms with E-state index in [1.165, 1.54) is 12.8 Å². The molecular formula is C17H31N3O. The summed E-state index contributed by atoms with van der Waals surface area (Å²) in [5.74, 6) is 2.40. The monoisotopic (exact) mass is 293 g/mol. The van der Waals surface area contributed by atoms with Crippen LogP contribution in [0.3, 0.4) is 0 Å². The van der Waals surface area contributed by atoms with E-state index in [2.05, 4.69) is 43.0 Å². The average Bonchev–Trinajstić information content (AvgIpc) is 2.88. The van der Waals surface area contributed by atoms with E-state index in [-0.39, 0.29) is 5.60 Å². The molecule has 4 nitrogen and oxygen atoms in total. The molecule has 0 radical (unpaired) electrons. The van der Waals surface area contributed by atoms with E-state index in [0.29, 0.717) is 11.8 Å². The van der Waals surface area contributed by atoms with E-state index < -0.39 is 0 Å². The molecule has 2 N–H and O–H groups in total. The number of rotatable bonds is 7. The molecule has 4 heteroatoms. The summed E-state index contributed by atoms with van der Waals surface area (Å²) in [6, 6.07) is 0. The predicted octanol–water partition coefficient (Wildman–Crippen LogP) is 3.60. The Labute approximate surface area is 129 Å². The fourth-order valence-corrected chi connectivity index (χ4v) is 3.37. The molecule has 0 saturated heterocycles. The fourth-order valence-electron chi connectivity index (χ4n) is 3.37. The summed E-state index contributed by atoms with van der Waals surface area (Å²) in [4.78, 5) is 8.15. The van der Waals surface area contributed by atoms with Crippen molar-refractivity contribution in [3.63, 3.8) is 0 Å². The van der Waals surface area contributed by atoms with Crippen LogP contribution in [0.5, 0.6) is 0 Å². The van der Waals surface area contributed by atoms with Crippen molar-refractivity contribution in [2.24, 2.45) is 11.8 Å². The highest BCUT2D eigenvalue weighted by Crippen LogP contribution is 2.41. The third kappa shape index (κ3) is 4.30. The molecular weight excluding hydrogens is 262 g/mol. The Balaban J connectivity index is 2.05. The molecule has 120 valence electrons. The number of hydrogen-bond donors (Lipinski definition) is 2. The van der Waals surface area contributed by atoms with Gasteiger partial charge in [-0.1, -0.05) is 27.2 Å². The first-order valence-electron chi connectivity index (χ1n) is 8.44. The molecule has 2 atom stereocenters. The minimum Gasteiger partial charge on any atom is -0.367 e. The zero-order valence-corrected chi connectivity index (χ0v) is 14.0. The number of aromatic amines is 1. The number of imidazole rings is 1. The number of nitrogens with one attached hydrogen (secondary N) is 2. The molecule has 1 saturated carbocycles. The Morgan fingerprint density at radius 2 is 2.33 bits per heavy atom. The lowest BCUT2D eigenvalue weighted by atomic mass is 9.78. The number of nitrogens with zero attached hydrogens (tertiary/aromatic N) is 1. The topological polar surface area (TPSA) is 49.9 Å². The van der Waals surface area contributed by atoms with Gasteiger partial charge in [0.05, 0.1) is 0 Å². The zero-order valence-electron chi connectivity index (χ0n) is 14.0. The van der Waals surface area contributed by atoms with Gasteiger partial charge in [-0.3, -0.25) is 0 Å². The van der Waals surface area contributed by atoms with Gasteiger partial charge in [0.25, 0.3) is 0 Å². The second-order valence-electron chi connectivity index (χ2n) is 6.91. The summed E-state index contributed by atoms with van der Waals surface area (Å²) in [6.07, 6.45) is 6.65. The van der Waals surface area contributed by atoms with E-state index in [1.54, 1.807) is 0 Å². The van der Waals surface area contributed by atoms with Crippen LogP contribution < -0.4 is 5.32 Å². The molecule has 1 heterocycles. The van der Waals surface area contributed by atoms with Gasteiger partial charge in [0, 0.05) is 25.0 Å². The normalized spacial score (nSPS) is 26.4. The highest BCUT2D eigenvalue weighted by Gasteiger charge is 2.39. The van der Waals surface area contributed by atoms with Crippen LogP contribution in [0.1, 0.15) is 64.9 Å². The summed E-state index contributed by atoms with van der Waals surface area (Å²) >= 11 is 0. The van der Waals surface area contributed by atoms with Crippen LogP contribution in [0.15, 0.2) is 6.20 Å². The van der Waals surface area contributed by atoms with Crippen molar-refractivity contribution in [2.45, 2.75) is 65.5 Å². The summed E-state index contributed by atoms with van der Waals surface area (Å²) in [5, 5.41) is 3.46. The standard InChI is InChI=1S/C17H31N3O/c1-5-21-17(8-6-7-14(4)9-17)16-19-12-15(20-16)11-18-10-13(2)3/h12-14,18H,5-11H2,1-4H3,(H,19,20). The first-order valence-corrected chi connectivity index (χ1v) is 8.44. The van der Waals surface area contributed by atoms with Crippen molar-refractivity contribution in [3.8, 4) is 0 Å². The summed E-state index contributed by atoms with van der Waals surface area (Å²) in [5.41, 5.74) is 0.964. The van der Waals surface area contributed by atoms with E-state index in [9.17, 15) is 0 Å². The molecule has 1 aliphatic rings. The maximum absolute atomic E-state index is 6.17. The Hall–Kier alpha value is -0.870. The van der Waals surface area contributed by atoms with Gasteiger partial charge in [0.15, 0.2) is 0 Å². The lowest BCUT2D eigenvalue weighted by Crippen LogP contribution is -2.36. The largest absolute Gasteiger partial charge is 0.367 e. The smallest absolute Gasteiger partial charge is 0.138 e. The lowest BCUT2D eigenvalue weighted by molar-refractivity contribution is -0.0876. The van der Waals surface area contributed by atoms with Gasteiger partial charge in [-0.15, -0.1) is 0 Å². The Kier molecular flexibility index (Phi) is 5.82.